The number of aryl methyl sites for hydroxylation is 1. The van der Waals surface area contributed by atoms with Gasteiger partial charge in [-0.15, -0.1) is 0 Å². The van der Waals surface area contributed by atoms with Crippen molar-refractivity contribution in [1.82, 2.24) is 15.5 Å². The number of hydrogen-bond donors (Lipinski definition) is 2. The fourth-order valence-electron chi connectivity index (χ4n) is 2.36. The van der Waals surface area contributed by atoms with Crippen molar-refractivity contribution in [3.8, 4) is 5.75 Å². The highest BCUT2D eigenvalue weighted by atomic mass is 16.5. The molecule has 2 rings (SSSR count). The average molecular weight is 305 g/mol. The predicted molar refractivity (Wildman–Crippen MR) is 83.8 cm³/mol. The molecule has 1 saturated heterocycles. The van der Waals surface area contributed by atoms with E-state index in [0.29, 0.717) is 19.5 Å². The summed E-state index contributed by atoms with van der Waals surface area (Å²) in [5.41, 5.74) is 1.01. The standard InChI is InChI=1S/C16H23N3O3/c1-4-13(22-14-8-6-5-7-11(14)2)15(20)19-9-12(10-19)18-16(21)17-3/h5-8,12-13H,4,9-10H2,1-3H3,(H2,17,18,21). The Balaban J connectivity index is 1.88. The van der Waals surface area contributed by atoms with Crippen molar-refractivity contribution in [1.29, 1.82) is 0 Å². The first-order chi connectivity index (χ1) is 10.5. The Morgan fingerprint density at radius 1 is 1.36 bits per heavy atom. The molecule has 1 aliphatic heterocycles. The molecule has 120 valence electrons. The lowest BCUT2D eigenvalue weighted by atomic mass is 10.1. The second-order valence-corrected chi connectivity index (χ2v) is 5.44. The first-order valence-corrected chi connectivity index (χ1v) is 7.54. The summed E-state index contributed by atoms with van der Waals surface area (Å²) in [4.78, 5) is 25.4. The second kappa shape index (κ2) is 7.15. The predicted octanol–water partition coefficient (Wildman–Crippen LogP) is 1.29. The minimum Gasteiger partial charge on any atom is -0.480 e. The Kier molecular flexibility index (Phi) is 5.25. The molecule has 0 spiro atoms. The zero-order chi connectivity index (χ0) is 16.1. The Labute approximate surface area is 130 Å². The van der Waals surface area contributed by atoms with Gasteiger partial charge in [0.1, 0.15) is 5.75 Å². The summed E-state index contributed by atoms with van der Waals surface area (Å²) in [6.45, 7) is 4.94. The number of likely N-dealkylation sites (tertiary alicyclic amines) is 1. The number of hydrogen-bond acceptors (Lipinski definition) is 3. The highest BCUT2D eigenvalue weighted by Gasteiger charge is 2.35. The molecule has 1 aliphatic rings. The fourth-order valence-corrected chi connectivity index (χ4v) is 2.36. The van der Waals surface area contributed by atoms with E-state index in [-0.39, 0.29) is 18.0 Å². The third kappa shape index (κ3) is 3.69. The zero-order valence-corrected chi connectivity index (χ0v) is 13.3. The van der Waals surface area contributed by atoms with Crippen LogP contribution >= 0.6 is 0 Å². The topological polar surface area (TPSA) is 70.7 Å². The van der Waals surface area contributed by atoms with Gasteiger partial charge in [0.25, 0.3) is 5.91 Å². The molecule has 1 aromatic rings. The number of amides is 3. The Morgan fingerprint density at radius 3 is 2.64 bits per heavy atom. The van der Waals surface area contributed by atoms with Crippen LogP contribution in [0.3, 0.4) is 0 Å². The summed E-state index contributed by atoms with van der Waals surface area (Å²) >= 11 is 0. The van der Waals surface area contributed by atoms with Gasteiger partial charge in [-0.3, -0.25) is 4.79 Å². The van der Waals surface area contributed by atoms with E-state index in [0.717, 1.165) is 11.3 Å². The van der Waals surface area contributed by atoms with Crippen LogP contribution in [-0.2, 0) is 4.79 Å². The van der Waals surface area contributed by atoms with Crippen LogP contribution in [0.15, 0.2) is 24.3 Å². The van der Waals surface area contributed by atoms with Crippen LogP contribution in [-0.4, -0.2) is 49.1 Å². The molecule has 6 heteroatoms. The van der Waals surface area contributed by atoms with Crippen LogP contribution in [0, 0.1) is 6.92 Å². The molecule has 1 heterocycles. The van der Waals surface area contributed by atoms with Crippen molar-refractivity contribution in [3.63, 3.8) is 0 Å². The fraction of sp³-hybridized carbons (Fsp3) is 0.500. The molecule has 0 saturated carbocycles. The van der Waals surface area contributed by atoms with Gasteiger partial charge in [0.2, 0.25) is 0 Å². The monoisotopic (exact) mass is 305 g/mol. The molecular formula is C16H23N3O3. The number of ether oxygens (including phenoxy) is 1. The van der Waals surface area contributed by atoms with Crippen molar-refractivity contribution < 1.29 is 14.3 Å². The Morgan fingerprint density at radius 2 is 2.05 bits per heavy atom. The first-order valence-electron chi connectivity index (χ1n) is 7.54. The molecule has 22 heavy (non-hydrogen) atoms. The lowest BCUT2D eigenvalue weighted by molar-refractivity contribution is -0.143. The van der Waals surface area contributed by atoms with Crippen molar-refractivity contribution in [2.24, 2.45) is 0 Å². The Hall–Kier alpha value is -2.24. The van der Waals surface area contributed by atoms with Gasteiger partial charge in [0, 0.05) is 20.1 Å². The molecule has 2 N–H and O–H groups in total. The maximum Gasteiger partial charge on any atom is 0.314 e. The normalized spacial score (nSPS) is 15.7. The van der Waals surface area contributed by atoms with Crippen LogP contribution in [0.4, 0.5) is 4.79 Å². The molecular weight excluding hydrogens is 282 g/mol. The zero-order valence-electron chi connectivity index (χ0n) is 13.3. The van der Waals surface area contributed by atoms with E-state index in [9.17, 15) is 9.59 Å². The van der Waals surface area contributed by atoms with E-state index in [4.69, 9.17) is 4.74 Å². The van der Waals surface area contributed by atoms with Crippen molar-refractivity contribution in [3.05, 3.63) is 29.8 Å². The van der Waals surface area contributed by atoms with Crippen LogP contribution in [0.25, 0.3) is 0 Å². The first kappa shape index (κ1) is 16.1. The van der Waals surface area contributed by atoms with Gasteiger partial charge in [-0.1, -0.05) is 25.1 Å². The highest BCUT2D eigenvalue weighted by Crippen LogP contribution is 2.21. The number of urea groups is 1. The van der Waals surface area contributed by atoms with Crippen LogP contribution in [0.1, 0.15) is 18.9 Å². The van der Waals surface area contributed by atoms with E-state index in [1.807, 2.05) is 38.1 Å². The van der Waals surface area contributed by atoms with Gasteiger partial charge >= 0.3 is 6.03 Å². The van der Waals surface area contributed by atoms with Crippen LogP contribution < -0.4 is 15.4 Å². The number of carbonyl (C=O) groups is 2. The number of para-hydroxylation sites is 1. The summed E-state index contributed by atoms with van der Waals surface area (Å²) in [6.07, 6.45) is 0.124. The van der Waals surface area contributed by atoms with Gasteiger partial charge in [-0.25, -0.2) is 4.79 Å². The lowest BCUT2D eigenvalue weighted by Crippen LogP contribution is -2.63. The van der Waals surface area contributed by atoms with Crippen LogP contribution in [0.5, 0.6) is 5.75 Å². The smallest absolute Gasteiger partial charge is 0.314 e. The third-order valence-electron chi connectivity index (χ3n) is 3.76. The Bertz CT molecular complexity index is 541. The van der Waals surface area contributed by atoms with Crippen molar-refractivity contribution >= 4 is 11.9 Å². The van der Waals surface area contributed by atoms with Gasteiger partial charge in [0.15, 0.2) is 6.10 Å². The SMILES string of the molecule is CCC(Oc1ccccc1C)C(=O)N1CC(NC(=O)NC)C1. The van der Waals surface area contributed by atoms with Crippen LogP contribution in [0.2, 0.25) is 0 Å². The molecule has 0 bridgehead atoms. The molecule has 6 nitrogen and oxygen atoms in total. The maximum absolute atomic E-state index is 12.4. The van der Waals surface area contributed by atoms with Gasteiger partial charge < -0.3 is 20.3 Å². The second-order valence-electron chi connectivity index (χ2n) is 5.44. The number of nitrogens with one attached hydrogen (secondary N) is 2. The van der Waals surface area contributed by atoms with Crippen molar-refractivity contribution in [2.45, 2.75) is 32.4 Å². The molecule has 0 radical (unpaired) electrons. The van der Waals surface area contributed by atoms with E-state index in [2.05, 4.69) is 10.6 Å². The molecule has 1 aromatic carbocycles. The summed E-state index contributed by atoms with van der Waals surface area (Å²) in [6, 6.07) is 7.46. The van der Waals surface area contributed by atoms with Gasteiger partial charge in [0.05, 0.1) is 6.04 Å². The summed E-state index contributed by atoms with van der Waals surface area (Å²) in [5.74, 6) is 0.712. The molecule has 1 atom stereocenters. The minimum atomic E-state index is -0.484. The highest BCUT2D eigenvalue weighted by molar-refractivity contribution is 5.82. The average Bonchev–Trinajstić information content (AvgIpc) is 2.48. The van der Waals surface area contributed by atoms with E-state index in [1.54, 1.807) is 11.9 Å². The van der Waals surface area contributed by atoms with E-state index >= 15 is 0 Å². The lowest BCUT2D eigenvalue weighted by Gasteiger charge is -2.40. The number of carbonyl (C=O) groups excluding carboxylic acids is 2. The number of rotatable bonds is 5. The minimum absolute atomic E-state index is 0.0138. The van der Waals surface area contributed by atoms with Gasteiger partial charge in [-0.2, -0.15) is 0 Å². The quantitative estimate of drug-likeness (QED) is 0.861. The number of benzene rings is 1. The summed E-state index contributed by atoms with van der Waals surface area (Å²) in [7, 11) is 1.57. The van der Waals surface area contributed by atoms with E-state index < -0.39 is 6.10 Å². The molecule has 3 amide bonds. The van der Waals surface area contributed by atoms with E-state index in [1.165, 1.54) is 0 Å². The number of nitrogens with zero attached hydrogens (tertiary/aromatic N) is 1. The molecule has 0 aliphatic carbocycles. The van der Waals surface area contributed by atoms with Gasteiger partial charge in [-0.05, 0) is 25.0 Å². The third-order valence-corrected chi connectivity index (χ3v) is 3.76. The summed E-state index contributed by atoms with van der Waals surface area (Å²) < 4.78 is 5.86. The summed E-state index contributed by atoms with van der Waals surface area (Å²) in [5, 5.41) is 5.28. The molecule has 1 fully saturated rings. The maximum atomic E-state index is 12.4. The molecule has 0 aromatic heterocycles. The largest absolute Gasteiger partial charge is 0.480 e. The van der Waals surface area contributed by atoms with Crippen molar-refractivity contribution in [2.75, 3.05) is 20.1 Å². The molecule has 1 unspecified atom stereocenters.